The number of hydrogen-bond donors (Lipinski definition) is 1. The van der Waals surface area contributed by atoms with E-state index in [0.717, 1.165) is 23.6 Å². The van der Waals surface area contributed by atoms with Gasteiger partial charge < -0.3 is 19.7 Å². The SMILES string of the molecule is COc1cc2c(cc1OC)CN(C(=O)c1ccc(NC3CC3)nn1)CC2. The van der Waals surface area contributed by atoms with Crippen molar-refractivity contribution in [3.63, 3.8) is 0 Å². The minimum absolute atomic E-state index is 0.101. The van der Waals surface area contributed by atoms with Crippen molar-refractivity contribution >= 4 is 11.7 Å². The Balaban J connectivity index is 1.49. The molecule has 0 unspecified atom stereocenters. The lowest BCUT2D eigenvalue weighted by molar-refractivity contribution is 0.0727. The third-order valence-corrected chi connectivity index (χ3v) is 4.82. The van der Waals surface area contributed by atoms with Gasteiger partial charge >= 0.3 is 0 Å². The molecule has 0 bridgehead atoms. The van der Waals surface area contributed by atoms with Gasteiger partial charge in [-0.05, 0) is 54.7 Å². The number of nitrogens with zero attached hydrogens (tertiary/aromatic N) is 3. The number of benzene rings is 1. The highest BCUT2D eigenvalue weighted by atomic mass is 16.5. The summed E-state index contributed by atoms with van der Waals surface area (Å²) in [6.45, 7) is 1.17. The summed E-state index contributed by atoms with van der Waals surface area (Å²) in [6.07, 6.45) is 3.11. The zero-order valence-electron chi connectivity index (χ0n) is 15.0. The fraction of sp³-hybridized carbons (Fsp3) is 0.421. The molecule has 26 heavy (non-hydrogen) atoms. The van der Waals surface area contributed by atoms with Crippen LogP contribution in [0.25, 0.3) is 0 Å². The van der Waals surface area contributed by atoms with Crippen LogP contribution in [0.4, 0.5) is 5.82 Å². The van der Waals surface area contributed by atoms with Crippen molar-refractivity contribution in [1.29, 1.82) is 0 Å². The average molecular weight is 354 g/mol. The van der Waals surface area contributed by atoms with Gasteiger partial charge in [-0.1, -0.05) is 0 Å². The topological polar surface area (TPSA) is 76.6 Å². The number of ether oxygens (including phenoxy) is 2. The third kappa shape index (κ3) is 3.29. The van der Waals surface area contributed by atoms with E-state index in [9.17, 15) is 4.79 Å². The van der Waals surface area contributed by atoms with E-state index >= 15 is 0 Å². The molecule has 1 fully saturated rings. The third-order valence-electron chi connectivity index (χ3n) is 4.82. The lowest BCUT2D eigenvalue weighted by Crippen LogP contribution is -2.36. The first kappa shape index (κ1) is 16.6. The maximum absolute atomic E-state index is 12.8. The van der Waals surface area contributed by atoms with Crippen molar-refractivity contribution in [1.82, 2.24) is 15.1 Å². The first-order valence-corrected chi connectivity index (χ1v) is 8.81. The summed E-state index contributed by atoms with van der Waals surface area (Å²) in [5.74, 6) is 2.02. The predicted octanol–water partition coefficient (Wildman–Crippen LogP) is 2.27. The van der Waals surface area contributed by atoms with Crippen molar-refractivity contribution in [3.8, 4) is 11.5 Å². The van der Waals surface area contributed by atoms with Crippen LogP contribution in [0.15, 0.2) is 24.3 Å². The standard InChI is InChI=1S/C19H22N4O3/c1-25-16-9-12-7-8-23(11-13(12)10-17(16)26-2)19(24)15-5-6-18(22-21-15)20-14-3-4-14/h5-6,9-10,14H,3-4,7-8,11H2,1-2H3,(H,20,22). The Hall–Kier alpha value is -2.83. The molecule has 7 heteroatoms. The number of anilines is 1. The van der Waals surface area contributed by atoms with E-state index in [-0.39, 0.29) is 5.91 Å². The molecule has 2 heterocycles. The van der Waals surface area contributed by atoms with E-state index in [1.807, 2.05) is 18.2 Å². The van der Waals surface area contributed by atoms with Crippen molar-refractivity contribution in [2.24, 2.45) is 0 Å². The van der Waals surface area contributed by atoms with Crippen LogP contribution < -0.4 is 14.8 Å². The number of carbonyl (C=O) groups is 1. The molecular weight excluding hydrogens is 332 g/mol. The molecule has 0 atom stereocenters. The summed E-state index contributed by atoms with van der Waals surface area (Å²) in [5.41, 5.74) is 2.62. The largest absolute Gasteiger partial charge is 0.493 e. The van der Waals surface area contributed by atoms with Gasteiger partial charge in [0, 0.05) is 19.1 Å². The number of nitrogens with one attached hydrogen (secondary N) is 1. The van der Waals surface area contributed by atoms with Gasteiger partial charge in [-0.25, -0.2) is 0 Å². The van der Waals surface area contributed by atoms with Gasteiger partial charge in [0.1, 0.15) is 5.82 Å². The quantitative estimate of drug-likeness (QED) is 0.888. The molecule has 136 valence electrons. The second-order valence-corrected chi connectivity index (χ2v) is 6.68. The van der Waals surface area contributed by atoms with E-state index in [2.05, 4.69) is 15.5 Å². The van der Waals surface area contributed by atoms with E-state index in [1.54, 1.807) is 25.2 Å². The van der Waals surface area contributed by atoms with Crippen molar-refractivity contribution < 1.29 is 14.3 Å². The highest BCUT2D eigenvalue weighted by molar-refractivity contribution is 5.92. The Morgan fingerprint density at radius 3 is 2.46 bits per heavy atom. The molecule has 0 spiro atoms. The normalized spacial score (nSPS) is 16.0. The van der Waals surface area contributed by atoms with E-state index in [0.29, 0.717) is 30.6 Å². The Kier molecular flexibility index (Phi) is 4.36. The summed E-state index contributed by atoms with van der Waals surface area (Å²) < 4.78 is 10.7. The molecular formula is C19H22N4O3. The number of rotatable bonds is 5. The Bertz CT molecular complexity index is 818. The molecule has 7 nitrogen and oxygen atoms in total. The molecule has 1 amide bonds. The van der Waals surface area contributed by atoms with Crippen molar-refractivity contribution in [2.75, 3.05) is 26.1 Å². The number of carbonyl (C=O) groups excluding carboxylic acids is 1. The van der Waals surface area contributed by atoms with Gasteiger partial charge in [0.05, 0.1) is 14.2 Å². The fourth-order valence-electron chi connectivity index (χ4n) is 3.18. The summed E-state index contributed by atoms with van der Waals surface area (Å²) in [5, 5.41) is 11.5. The lowest BCUT2D eigenvalue weighted by atomic mass is 9.98. The minimum Gasteiger partial charge on any atom is -0.493 e. The number of hydrogen-bond acceptors (Lipinski definition) is 6. The van der Waals surface area contributed by atoms with Crippen molar-refractivity contribution in [2.45, 2.75) is 31.8 Å². The number of aromatic nitrogens is 2. The van der Waals surface area contributed by atoms with Crippen LogP contribution in [0, 0.1) is 0 Å². The molecule has 1 N–H and O–H groups in total. The lowest BCUT2D eigenvalue weighted by Gasteiger charge is -2.29. The summed E-state index contributed by atoms with van der Waals surface area (Å²) in [4.78, 5) is 14.6. The van der Waals surface area contributed by atoms with Crippen LogP contribution in [0.3, 0.4) is 0 Å². The summed E-state index contributed by atoms with van der Waals surface area (Å²) in [7, 11) is 3.24. The minimum atomic E-state index is -0.101. The first-order chi connectivity index (χ1) is 12.7. The molecule has 1 saturated carbocycles. The van der Waals surface area contributed by atoms with Crippen molar-refractivity contribution in [3.05, 3.63) is 41.1 Å². The highest BCUT2D eigenvalue weighted by Gasteiger charge is 2.25. The van der Waals surface area contributed by atoms with Crippen LogP contribution in [-0.4, -0.2) is 47.8 Å². The molecule has 2 aromatic rings. The molecule has 1 aliphatic carbocycles. The number of methoxy groups -OCH3 is 2. The summed E-state index contributed by atoms with van der Waals surface area (Å²) in [6, 6.07) is 8.02. The smallest absolute Gasteiger partial charge is 0.274 e. The zero-order chi connectivity index (χ0) is 18.1. The second-order valence-electron chi connectivity index (χ2n) is 6.68. The Morgan fingerprint density at radius 2 is 1.85 bits per heavy atom. The van der Waals surface area contributed by atoms with Gasteiger partial charge in [0.15, 0.2) is 17.2 Å². The van der Waals surface area contributed by atoms with Gasteiger partial charge in [0.2, 0.25) is 0 Å². The maximum Gasteiger partial charge on any atom is 0.274 e. The van der Waals surface area contributed by atoms with Crippen LogP contribution >= 0.6 is 0 Å². The van der Waals surface area contributed by atoms with E-state index in [4.69, 9.17) is 9.47 Å². The van der Waals surface area contributed by atoms with Crippen LogP contribution in [0.2, 0.25) is 0 Å². The maximum atomic E-state index is 12.8. The number of fused-ring (bicyclic) bond motifs is 1. The monoisotopic (exact) mass is 354 g/mol. The first-order valence-electron chi connectivity index (χ1n) is 8.81. The molecule has 2 aliphatic rings. The van der Waals surface area contributed by atoms with Gasteiger partial charge in [-0.15, -0.1) is 10.2 Å². The molecule has 4 rings (SSSR count). The Morgan fingerprint density at radius 1 is 1.12 bits per heavy atom. The van der Waals surface area contributed by atoms with Gasteiger partial charge in [-0.3, -0.25) is 4.79 Å². The van der Waals surface area contributed by atoms with Crippen LogP contribution in [-0.2, 0) is 13.0 Å². The second kappa shape index (κ2) is 6.82. The summed E-state index contributed by atoms with van der Waals surface area (Å²) >= 11 is 0. The van der Waals surface area contributed by atoms with Gasteiger partial charge in [-0.2, -0.15) is 0 Å². The fourth-order valence-corrected chi connectivity index (χ4v) is 3.18. The molecule has 1 aliphatic heterocycles. The van der Waals surface area contributed by atoms with Gasteiger partial charge in [0.25, 0.3) is 5.91 Å². The molecule has 0 radical (unpaired) electrons. The van der Waals surface area contributed by atoms with Crippen LogP contribution in [0.1, 0.15) is 34.5 Å². The van der Waals surface area contributed by atoms with E-state index < -0.39 is 0 Å². The van der Waals surface area contributed by atoms with E-state index in [1.165, 1.54) is 18.4 Å². The molecule has 1 aromatic carbocycles. The molecule has 0 saturated heterocycles. The average Bonchev–Trinajstić information content (AvgIpc) is 3.50. The zero-order valence-corrected chi connectivity index (χ0v) is 15.0. The Labute approximate surface area is 152 Å². The number of amides is 1. The van der Waals surface area contributed by atoms with Crippen LogP contribution in [0.5, 0.6) is 11.5 Å². The highest BCUT2D eigenvalue weighted by Crippen LogP contribution is 2.33. The molecule has 1 aromatic heterocycles. The predicted molar refractivity (Wildman–Crippen MR) is 96.7 cm³/mol.